The fraction of sp³-hybridized carbons (Fsp3) is 0. The molecule has 2 heterocycles. The van der Waals surface area contributed by atoms with Crippen molar-refractivity contribution in [3.05, 3.63) is 48.8 Å². The van der Waals surface area contributed by atoms with Crippen molar-refractivity contribution < 1.29 is 32.6 Å². The number of halogens is 1. The van der Waals surface area contributed by atoms with Gasteiger partial charge in [-0.05, 0) is 12.1 Å². The first kappa shape index (κ1) is 22.3. The predicted molar refractivity (Wildman–Crippen MR) is 83.1 cm³/mol. The Bertz CT molecular complexity index is 611. The van der Waals surface area contributed by atoms with Gasteiger partial charge in [0.2, 0.25) is 0 Å². The molecule has 5 nitrogen and oxygen atoms in total. The molecule has 116 valence electrons. The van der Waals surface area contributed by atoms with Crippen LogP contribution in [-0.4, -0.2) is 30.3 Å². The quantitative estimate of drug-likeness (QED) is 0.276. The molecular formula is C15H11ClN2O3Re-3. The van der Waals surface area contributed by atoms with Gasteiger partial charge in [0.25, 0.3) is 0 Å². The Balaban J connectivity index is 0. The first-order chi connectivity index (χ1) is 10.9. The molecule has 0 atom stereocenters. The van der Waals surface area contributed by atoms with Gasteiger partial charge >= 0.3 is 27.7 Å². The molecule has 0 spiro atoms. The molecule has 0 fully saturated rings. The van der Waals surface area contributed by atoms with Crippen molar-refractivity contribution in [1.29, 1.82) is 0 Å². The van der Waals surface area contributed by atoms with Crippen LogP contribution in [0, 0.1) is 0 Å². The van der Waals surface area contributed by atoms with E-state index in [9.17, 15) is 0 Å². The van der Waals surface area contributed by atoms with Crippen molar-refractivity contribution in [2.45, 2.75) is 0 Å². The molecule has 2 aromatic heterocycles. The molecule has 0 bridgehead atoms. The summed E-state index contributed by atoms with van der Waals surface area (Å²) in [5.41, 5.74) is 1.95. The van der Waals surface area contributed by atoms with Crippen LogP contribution in [-0.2, 0) is 32.6 Å². The van der Waals surface area contributed by atoms with E-state index in [0.717, 1.165) is 21.8 Å². The van der Waals surface area contributed by atoms with Gasteiger partial charge in [0.05, 0.1) is 11.0 Å². The molecule has 22 heavy (non-hydrogen) atoms. The molecule has 0 amide bonds. The molecule has 3 aromatic rings. The zero-order chi connectivity index (χ0) is 17.4. The molecule has 0 aliphatic rings. The molecule has 3 rings (SSSR count). The van der Waals surface area contributed by atoms with Crippen LogP contribution >= 0.6 is 9.53 Å². The number of rotatable bonds is 0. The predicted octanol–water partition coefficient (Wildman–Crippen LogP) is 2.65. The van der Waals surface area contributed by atoms with Crippen LogP contribution in [0.25, 0.3) is 21.8 Å². The van der Waals surface area contributed by atoms with Crippen molar-refractivity contribution in [1.82, 2.24) is 9.97 Å². The summed E-state index contributed by atoms with van der Waals surface area (Å²) in [6.45, 7) is 9.75. The first-order valence-corrected chi connectivity index (χ1v) is 8.75. The van der Waals surface area contributed by atoms with Crippen molar-refractivity contribution in [3.63, 3.8) is 0 Å². The van der Waals surface area contributed by atoms with Crippen molar-refractivity contribution in [2.24, 2.45) is 0 Å². The van der Waals surface area contributed by atoms with E-state index in [1.165, 1.54) is 18.2 Å². The summed E-state index contributed by atoms with van der Waals surface area (Å²) in [5.74, 6) is 0. The number of pyridine rings is 2. The second-order valence-electron chi connectivity index (χ2n) is 3.22. The summed E-state index contributed by atoms with van der Waals surface area (Å²) < 4.78 is 0. The Kier molecular flexibility index (Phi) is 15.6. The van der Waals surface area contributed by atoms with Gasteiger partial charge in [-0.1, -0.05) is 24.3 Å². The van der Waals surface area contributed by atoms with E-state index in [4.69, 9.17) is 23.9 Å². The van der Waals surface area contributed by atoms with Crippen LogP contribution in [0.2, 0.25) is 0 Å². The maximum atomic E-state index is 7.75. The van der Waals surface area contributed by atoms with Gasteiger partial charge in [-0.15, -0.1) is 0 Å². The Morgan fingerprint density at radius 3 is 1.32 bits per heavy atom. The number of benzene rings is 1. The van der Waals surface area contributed by atoms with Gasteiger partial charge in [-0.3, -0.25) is 30.3 Å². The van der Waals surface area contributed by atoms with Crippen LogP contribution in [0.3, 0.4) is 0 Å². The SMILES string of the molecule is [CH-]=O.[CH-]=O.[CH-]=O.[Cl][Re].c1cnc2c(c1)ccc1cccnc12. The van der Waals surface area contributed by atoms with E-state index >= 15 is 0 Å². The van der Waals surface area contributed by atoms with E-state index < -0.39 is 0 Å². The van der Waals surface area contributed by atoms with Crippen molar-refractivity contribution in [3.8, 4) is 0 Å². The van der Waals surface area contributed by atoms with Crippen LogP contribution in [0.1, 0.15) is 0 Å². The topological polar surface area (TPSA) is 77.0 Å². The Hall–Kier alpha value is -2.00. The summed E-state index contributed by atoms with van der Waals surface area (Å²) >= 11 is 1.19. The number of fused-ring (bicyclic) bond motifs is 3. The van der Waals surface area contributed by atoms with Crippen molar-refractivity contribution in [2.75, 3.05) is 0 Å². The average Bonchev–Trinajstić information content (AvgIpc) is 2.68. The molecule has 0 aliphatic heterocycles. The molecule has 0 saturated carbocycles. The zero-order valence-corrected chi connectivity index (χ0v) is 14.7. The third kappa shape index (κ3) is 6.19. The summed E-state index contributed by atoms with van der Waals surface area (Å²) in [7, 11) is 4.69. The van der Waals surface area contributed by atoms with E-state index in [0.29, 0.717) is 0 Å². The van der Waals surface area contributed by atoms with Crippen LogP contribution in [0.4, 0.5) is 0 Å². The van der Waals surface area contributed by atoms with Crippen LogP contribution in [0.5, 0.6) is 0 Å². The molecule has 0 unspecified atom stereocenters. The minimum absolute atomic E-state index is 0.977. The second kappa shape index (κ2) is 15.4. The first-order valence-electron chi connectivity index (χ1n) is 5.38. The number of hydrogen-bond acceptors (Lipinski definition) is 5. The summed E-state index contributed by atoms with van der Waals surface area (Å²) in [5, 5.41) is 2.28. The summed E-state index contributed by atoms with van der Waals surface area (Å²) in [4.78, 5) is 31.9. The third-order valence-corrected chi connectivity index (χ3v) is 2.34. The van der Waals surface area contributed by atoms with Gasteiger partial charge in [0.15, 0.2) is 0 Å². The molecule has 1 aromatic carbocycles. The average molecular weight is 489 g/mol. The molecule has 0 N–H and O–H groups in total. The van der Waals surface area contributed by atoms with E-state index in [1.807, 2.05) is 12.1 Å². The van der Waals surface area contributed by atoms with Crippen LogP contribution in [0.15, 0.2) is 48.8 Å². The maximum absolute atomic E-state index is 7.75. The fourth-order valence-electron chi connectivity index (χ4n) is 1.68. The molecule has 7 heteroatoms. The van der Waals surface area contributed by atoms with Gasteiger partial charge < -0.3 is 14.4 Å². The monoisotopic (exact) mass is 489 g/mol. The summed E-state index contributed by atoms with van der Waals surface area (Å²) in [6.07, 6.45) is 3.60. The Labute approximate surface area is 143 Å². The zero-order valence-electron chi connectivity index (χ0n) is 11.2. The third-order valence-electron chi connectivity index (χ3n) is 2.34. The Morgan fingerprint density at radius 2 is 1.00 bits per heavy atom. The van der Waals surface area contributed by atoms with Crippen molar-refractivity contribution >= 4 is 51.7 Å². The molecule has 0 radical (unpaired) electrons. The molecule has 0 aliphatic carbocycles. The van der Waals surface area contributed by atoms with E-state index in [2.05, 4.69) is 54.6 Å². The minimum atomic E-state index is 0.977. The smallest absolute Gasteiger partial charge is 0.0964 e. The van der Waals surface area contributed by atoms with Gasteiger partial charge in [0.1, 0.15) is 0 Å². The van der Waals surface area contributed by atoms with E-state index in [1.54, 1.807) is 12.4 Å². The van der Waals surface area contributed by atoms with Crippen LogP contribution < -0.4 is 0 Å². The van der Waals surface area contributed by atoms with Gasteiger partial charge in [-0.2, -0.15) is 0 Å². The second-order valence-corrected chi connectivity index (χ2v) is 3.22. The largest absolute Gasteiger partial charge is 0.254 e. The number of carbonyl (C=O) groups excluding carboxylic acids is 3. The van der Waals surface area contributed by atoms with Gasteiger partial charge in [0, 0.05) is 23.2 Å². The number of nitrogens with zero attached hydrogens (tertiary/aromatic N) is 2. The maximum Gasteiger partial charge on any atom is 0.0964 e. The summed E-state index contributed by atoms with van der Waals surface area (Å²) in [6, 6.07) is 12.1. The standard InChI is InChI=1S/C12H8N2.3CHO.ClH.Re/c1-3-9-5-6-10-4-2-8-14-12(10)11(9)13-7-1;3*1-2;;/h1-8H;3*1H;1H;/q;3*-1;;+1/p-1. The van der Waals surface area contributed by atoms with Gasteiger partial charge in [-0.25, -0.2) is 0 Å². The molecule has 0 saturated heterocycles. The number of aromatic nitrogens is 2. The Morgan fingerprint density at radius 1 is 0.682 bits per heavy atom. The minimum Gasteiger partial charge on any atom is -0.254 e. The number of hydrogen-bond donors (Lipinski definition) is 0. The molecular weight excluding hydrogens is 478 g/mol. The van der Waals surface area contributed by atoms with E-state index in [-0.39, 0.29) is 0 Å². The normalized spacial score (nSPS) is 7.73. The fourth-order valence-corrected chi connectivity index (χ4v) is 1.68.